The third kappa shape index (κ3) is 17.8. The van der Waals surface area contributed by atoms with E-state index in [4.69, 9.17) is 0 Å². The van der Waals surface area contributed by atoms with Crippen LogP contribution in [0.5, 0.6) is 0 Å². The average Bonchev–Trinajstić information content (AvgIpc) is 3.03. The first-order valence-corrected chi connectivity index (χ1v) is 11.2. The maximum atomic E-state index is 11.1. The number of ether oxygens (including phenoxy) is 1. The second kappa shape index (κ2) is 19.4. The van der Waals surface area contributed by atoms with Gasteiger partial charge in [0.1, 0.15) is 0 Å². The lowest BCUT2D eigenvalue weighted by Gasteiger charge is -2.03. The van der Waals surface area contributed by atoms with Crippen molar-refractivity contribution < 1.29 is 14.3 Å². The Hall–Kier alpha value is -1.32. The van der Waals surface area contributed by atoms with Crippen LogP contribution < -0.4 is 0 Å². The molecule has 1 fully saturated rings. The van der Waals surface area contributed by atoms with Crippen LogP contribution >= 0.6 is 0 Å². The van der Waals surface area contributed by atoms with Gasteiger partial charge in [-0.15, -0.1) is 0 Å². The van der Waals surface area contributed by atoms with Gasteiger partial charge >= 0.3 is 5.97 Å². The number of hydrogen-bond donors (Lipinski definition) is 0. The number of nitrogens with zero attached hydrogens (tertiary/aromatic N) is 1. The van der Waals surface area contributed by atoms with Crippen molar-refractivity contribution in [1.29, 1.82) is 0 Å². The third-order valence-corrected chi connectivity index (χ3v) is 5.01. The fraction of sp³-hybridized carbons (Fsp3) is 0.826. The van der Waals surface area contributed by atoms with Crippen LogP contribution in [-0.2, 0) is 14.3 Å². The second-order valence-electron chi connectivity index (χ2n) is 7.57. The van der Waals surface area contributed by atoms with Crippen LogP contribution in [-0.4, -0.2) is 30.4 Å². The molecule has 0 aliphatic carbocycles. The Bertz CT molecular complexity index is 382. The van der Waals surface area contributed by atoms with Crippen molar-refractivity contribution >= 4 is 11.9 Å². The molecule has 1 saturated heterocycles. The van der Waals surface area contributed by atoms with Gasteiger partial charge in [-0.25, -0.2) is 0 Å². The Morgan fingerprint density at radius 1 is 0.963 bits per heavy atom. The van der Waals surface area contributed by atoms with Gasteiger partial charge in [-0.2, -0.15) is 0 Å². The van der Waals surface area contributed by atoms with Crippen LogP contribution in [0, 0.1) is 0 Å². The van der Waals surface area contributed by atoms with E-state index in [1.807, 2.05) is 7.05 Å². The number of esters is 1. The average molecular weight is 382 g/mol. The lowest BCUT2D eigenvalue weighted by atomic mass is 10.0. The summed E-state index contributed by atoms with van der Waals surface area (Å²) < 4.78 is 4.67. The summed E-state index contributed by atoms with van der Waals surface area (Å²) in [7, 11) is 1.84. The highest BCUT2D eigenvalue weighted by Crippen LogP contribution is 2.13. The molecular formula is C23H43NO3. The molecule has 0 N–H and O–H groups in total. The number of carbonyl (C=O) groups excluding carboxylic acids is 2. The minimum absolute atomic E-state index is 0.150. The fourth-order valence-electron chi connectivity index (χ4n) is 3.22. The van der Waals surface area contributed by atoms with Gasteiger partial charge in [-0.1, -0.05) is 90.6 Å². The van der Waals surface area contributed by atoms with E-state index in [2.05, 4.69) is 18.2 Å². The lowest BCUT2D eigenvalue weighted by molar-refractivity contribution is -0.138. The van der Waals surface area contributed by atoms with E-state index >= 15 is 0 Å². The normalized spacial score (nSPS) is 13.3. The minimum Gasteiger partial charge on any atom is -0.435 e. The third-order valence-electron chi connectivity index (χ3n) is 5.01. The van der Waals surface area contributed by atoms with Crippen LogP contribution in [0.25, 0.3) is 0 Å². The van der Waals surface area contributed by atoms with E-state index in [1.54, 1.807) is 4.90 Å². The monoisotopic (exact) mass is 381 g/mol. The van der Waals surface area contributed by atoms with Crippen LogP contribution in [0.15, 0.2) is 12.8 Å². The summed E-state index contributed by atoms with van der Waals surface area (Å²) in [5.74, 6) is 0.142. The van der Waals surface area contributed by atoms with Gasteiger partial charge in [0.15, 0.2) is 0 Å². The predicted molar refractivity (Wildman–Crippen MR) is 113 cm³/mol. The van der Waals surface area contributed by atoms with Crippen molar-refractivity contribution in [3.8, 4) is 0 Å². The molecule has 1 aliphatic rings. The molecule has 4 heteroatoms. The zero-order chi connectivity index (χ0) is 20.2. The molecule has 0 aromatic carbocycles. The molecule has 158 valence electrons. The van der Waals surface area contributed by atoms with Crippen molar-refractivity contribution in [2.45, 2.75) is 110 Å². The van der Waals surface area contributed by atoms with Gasteiger partial charge in [0.25, 0.3) is 0 Å². The molecule has 0 atom stereocenters. The summed E-state index contributed by atoms with van der Waals surface area (Å²) in [6, 6.07) is 0. The van der Waals surface area contributed by atoms with Gasteiger partial charge in [-0.3, -0.25) is 9.59 Å². The highest BCUT2D eigenvalue weighted by Gasteiger charge is 2.14. The Labute approximate surface area is 167 Å². The van der Waals surface area contributed by atoms with Crippen molar-refractivity contribution in [3.63, 3.8) is 0 Å². The second-order valence-corrected chi connectivity index (χ2v) is 7.57. The summed E-state index contributed by atoms with van der Waals surface area (Å²) >= 11 is 0. The zero-order valence-electron chi connectivity index (χ0n) is 18.0. The van der Waals surface area contributed by atoms with Crippen molar-refractivity contribution in [2.75, 3.05) is 13.6 Å². The van der Waals surface area contributed by atoms with Gasteiger partial charge in [0, 0.05) is 26.4 Å². The molecule has 0 bridgehead atoms. The quantitative estimate of drug-likeness (QED) is 0.187. The zero-order valence-corrected chi connectivity index (χ0v) is 18.0. The molecule has 0 aromatic rings. The Morgan fingerprint density at radius 2 is 1.44 bits per heavy atom. The minimum atomic E-state index is -0.150. The maximum Gasteiger partial charge on any atom is 0.310 e. The molecule has 1 rings (SSSR count). The fourth-order valence-corrected chi connectivity index (χ4v) is 3.22. The first kappa shape index (κ1) is 25.7. The number of hydrogen-bond acceptors (Lipinski definition) is 3. The Morgan fingerprint density at radius 3 is 1.78 bits per heavy atom. The molecule has 1 heterocycles. The SMILES string of the molecule is C=COC(=O)CCCCCCCCCCCCCCC.CN1CCCC1=O. The van der Waals surface area contributed by atoms with E-state index in [1.165, 1.54) is 76.9 Å². The number of rotatable bonds is 15. The van der Waals surface area contributed by atoms with E-state index in [9.17, 15) is 9.59 Å². The van der Waals surface area contributed by atoms with Crippen LogP contribution in [0.4, 0.5) is 0 Å². The number of carbonyl (C=O) groups is 2. The van der Waals surface area contributed by atoms with E-state index in [-0.39, 0.29) is 5.97 Å². The van der Waals surface area contributed by atoms with E-state index < -0.39 is 0 Å². The van der Waals surface area contributed by atoms with Crippen molar-refractivity contribution in [3.05, 3.63) is 12.8 Å². The summed E-state index contributed by atoms with van der Waals surface area (Å²) in [5, 5.41) is 0. The lowest BCUT2D eigenvalue weighted by Crippen LogP contribution is -2.17. The molecule has 0 radical (unpaired) electrons. The van der Waals surface area contributed by atoms with Gasteiger partial charge in [0.2, 0.25) is 5.91 Å². The Kier molecular flexibility index (Phi) is 18.5. The van der Waals surface area contributed by atoms with Crippen molar-refractivity contribution in [1.82, 2.24) is 4.90 Å². The van der Waals surface area contributed by atoms with Gasteiger partial charge in [-0.05, 0) is 12.8 Å². The summed E-state index contributed by atoms with van der Waals surface area (Å²) in [5.41, 5.74) is 0. The van der Waals surface area contributed by atoms with E-state index in [0.29, 0.717) is 12.3 Å². The molecule has 0 unspecified atom stereocenters. The summed E-state index contributed by atoms with van der Waals surface area (Å²) in [4.78, 5) is 23.3. The van der Waals surface area contributed by atoms with Crippen molar-refractivity contribution in [2.24, 2.45) is 0 Å². The molecule has 0 aromatic heterocycles. The van der Waals surface area contributed by atoms with Crippen LogP contribution in [0.3, 0.4) is 0 Å². The smallest absolute Gasteiger partial charge is 0.310 e. The van der Waals surface area contributed by atoms with Gasteiger partial charge in [0.05, 0.1) is 6.26 Å². The van der Waals surface area contributed by atoms with Crippen LogP contribution in [0.2, 0.25) is 0 Å². The number of unbranched alkanes of at least 4 members (excludes halogenated alkanes) is 12. The molecule has 1 aliphatic heterocycles. The first-order chi connectivity index (χ1) is 13.1. The standard InChI is InChI=1S/C18H34O2.C5H9NO/c1-3-5-6-7-8-9-10-11-12-13-14-15-16-17-18(19)20-4-2;1-6-4-2-3-5(6)7/h4H,2-3,5-17H2,1H3;2-4H2,1H3. The highest BCUT2D eigenvalue weighted by molar-refractivity contribution is 5.77. The molecule has 0 saturated carbocycles. The molecule has 27 heavy (non-hydrogen) atoms. The summed E-state index contributed by atoms with van der Waals surface area (Å²) in [6.07, 6.45) is 20.8. The largest absolute Gasteiger partial charge is 0.435 e. The van der Waals surface area contributed by atoms with E-state index in [0.717, 1.165) is 32.2 Å². The highest BCUT2D eigenvalue weighted by atomic mass is 16.5. The number of amides is 1. The Balaban J connectivity index is 0.000000797. The molecule has 0 spiro atoms. The summed E-state index contributed by atoms with van der Waals surface area (Å²) in [6.45, 7) is 6.59. The molecular weight excluding hydrogens is 338 g/mol. The topological polar surface area (TPSA) is 46.6 Å². The van der Waals surface area contributed by atoms with Gasteiger partial charge < -0.3 is 9.64 Å². The molecule has 1 amide bonds. The number of likely N-dealkylation sites (tertiary alicyclic amines) is 1. The first-order valence-electron chi connectivity index (χ1n) is 11.2. The predicted octanol–water partition coefficient (Wildman–Crippen LogP) is 6.39. The maximum absolute atomic E-state index is 11.1. The van der Waals surface area contributed by atoms with Crippen LogP contribution in [0.1, 0.15) is 110 Å². The molecule has 4 nitrogen and oxygen atoms in total.